The van der Waals surface area contributed by atoms with Crippen molar-refractivity contribution in [2.24, 2.45) is 0 Å². The second kappa shape index (κ2) is 3.73. The third kappa shape index (κ3) is 2.49. The number of sulfonamides is 1. The van der Waals surface area contributed by atoms with Crippen LogP contribution in [0.15, 0.2) is 27.6 Å². The van der Waals surface area contributed by atoms with E-state index in [-0.39, 0.29) is 4.90 Å². The minimum atomic E-state index is -3.56. The third-order valence-electron chi connectivity index (χ3n) is 1.42. The fourth-order valence-electron chi connectivity index (χ4n) is 0.802. The second-order valence-electron chi connectivity index (χ2n) is 2.31. The molecule has 0 bridgehead atoms. The molecular weight excluding hydrogens is 261 g/mol. The van der Waals surface area contributed by atoms with E-state index in [0.29, 0.717) is 4.47 Å². The largest absolute Gasteiger partial charge is 0.240 e. The standard InChI is InChI=1S/C7H7BrFNO2S/c1-10-13(11,12)7-3-5(8)2-6(9)4-7/h2-4,10H,1H3. The molecule has 0 heterocycles. The van der Waals surface area contributed by atoms with Gasteiger partial charge in [-0.3, -0.25) is 0 Å². The first-order valence-electron chi connectivity index (χ1n) is 3.35. The lowest BCUT2D eigenvalue weighted by Gasteiger charge is -2.02. The van der Waals surface area contributed by atoms with Crippen molar-refractivity contribution in [3.8, 4) is 0 Å². The number of hydrogen-bond acceptors (Lipinski definition) is 2. The Kier molecular flexibility index (Phi) is 3.05. The van der Waals surface area contributed by atoms with Gasteiger partial charge in [0.15, 0.2) is 0 Å². The van der Waals surface area contributed by atoms with Crippen molar-refractivity contribution in [3.63, 3.8) is 0 Å². The van der Waals surface area contributed by atoms with E-state index in [1.54, 1.807) is 0 Å². The summed E-state index contributed by atoms with van der Waals surface area (Å²) in [5.41, 5.74) is 0. The molecule has 72 valence electrons. The Labute approximate surface area is 84.1 Å². The first-order valence-corrected chi connectivity index (χ1v) is 5.63. The zero-order valence-corrected chi connectivity index (χ0v) is 9.12. The van der Waals surface area contributed by atoms with E-state index >= 15 is 0 Å². The van der Waals surface area contributed by atoms with Crippen molar-refractivity contribution in [1.82, 2.24) is 4.72 Å². The predicted molar refractivity (Wildman–Crippen MR) is 50.3 cm³/mol. The Balaban J connectivity index is 3.32. The summed E-state index contributed by atoms with van der Waals surface area (Å²) >= 11 is 3.00. The number of hydrogen-bond donors (Lipinski definition) is 1. The Morgan fingerprint density at radius 1 is 1.38 bits per heavy atom. The van der Waals surface area contributed by atoms with Crippen LogP contribution >= 0.6 is 15.9 Å². The van der Waals surface area contributed by atoms with E-state index < -0.39 is 15.8 Å². The molecule has 0 spiro atoms. The van der Waals surface area contributed by atoms with Gasteiger partial charge in [-0.1, -0.05) is 15.9 Å². The fraction of sp³-hybridized carbons (Fsp3) is 0.143. The van der Waals surface area contributed by atoms with E-state index in [4.69, 9.17) is 0 Å². The molecule has 0 saturated carbocycles. The molecule has 6 heteroatoms. The summed E-state index contributed by atoms with van der Waals surface area (Å²) in [6, 6.07) is 3.47. The second-order valence-corrected chi connectivity index (χ2v) is 5.11. The van der Waals surface area contributed by atoms with E-state index in [1.165, 1.54) is 19.2 Å². The van der Waals surface area contributed by atoms with Crippen molar-refractivity contribution in [2.45, 2.75) is 4.90 Å². The molecule has 0 amide bonds. The van der Waals surface area contributed by atoms with Crippen LogP contribution in [0.5, 0.6) is 0 Å². The SMILES string of the molecule is CNS(=O)(=O)c1cc(F)cc(Br)c1. The maximum absolute atomic E-state index is 12.8. The van der Waals surface area contributed by atoms with Crippen LogP contribution in [-0.4, -0.2) is 15.5 Å². The highest BCUT2D eigenvalue weighted by molar-refractivity contribution is 9.10. The van der Waals surface area contributed by atoms with Crippen molar-refractivity contribution in [2.75, 3.05) is 7.05 Å². The molecule has 3 nitrogen and oxygen atoms in total. The van der Waals surface area contributed by atoms with Crippen LogP contribution in [0.1, 0.15) is 0 Å². The average Bonchev–Trinajstić information content (AvgIpc) is 2.02. The average molecular weight is 268 g/mol. The third-order valence-corrected chi connectivity index (χ3v) is 3.27. The number of halogens is 2. The van der Waals surface area contributed by atoms with Gasteiger partial charge in [-0.15, -0.1) is 0 Å². The van der Waals surface area contributed by atoms with Gasteiger partial charge in [-0.2, -0.15) is 0 Å². The van der Waals surface area contributed by atoms with Gasteiger partial charge in [-0.05, 0) is 25.2 Å². The topological polar surface area (TPSA) is 46.2 Å². The Morgan fingerprint density at radius 3 is 2.46 bits per heavy atom. The highest BCUT2D eigenvalue weighted by atomic mass is 79.9. The molecule has 0 saturated heterocycles. The van der Waals surface area contributed by atoms with Crippen LogP contribution in [0.2, 0.25) is 0 Å². The summed E-state index contributed by atoms with van der Waals surface area (Å²) in [6.07, 6.45) is 0. The first-order chi connectivity index (χ1) is 5.95. The molecule has 0 aliphatic carbocycles. The normalized spacial score (nSPS) is 11.6. The van der Waals surface area contributed by atoms with Crippen molar-refractivity contribution < 1.29 is 12.8 Å². The van der Waals surface area contributed by atoms with Crippen LogP contribution in [-0.2, 0) is 10.0 Å². The lowest BCUT2D eigenvalue weighted by molar-refractivity contribution is 0.583. The molecule has 1 rings (SSSR count). The summed E-state index contributed by atoms with van der Waals surface area (Å²) in [5, 5.41) is 0. The number of benzene rings is 1. The number of rotatable bonds is 2. The summed E-state index contributed by atoms with van der Waals surface area (Å²) in [5.74, 6) is -0.594. The van der Waals surface area contributed by atoms with Crippen LogP contribution < -0.4 is 4.72 Å². The highest BCUT2D eigenvalue weighted by Crippen LogP contribution is 2.18. The summed E-state index contributed by atoms with van der Waals surface area (Å²) in [6.45, 7) is 0. The highest BCUT2D eigenvalue weighted by Gasteiger charge is 2.12. The van der Waals surface area contributed by atoms with Crippen molar-refractivity contribution >= 4 is 26.0 Å². The van der Waals surface area contributed by atoms with Gasteiger partial charge in [0, 0.05) is 4.47 Å². The van der Waals surface area contributed by atoms with Gasteiger partial charge in [-0.25, -0.2) is 17.5 Å². The molecule has 13 heavy (non-hydrogen) atoms. The van der Waals surface area contributed by atoms with Crippen LogP contribution in [0, 0.1) is 5.82 Å². The molecule has 1 aromatic carbocycles. The van der Waals surface area contributed by atoms with E-state index in [0.717, 1.165) is 6.07 Å². The predicted octanol–water partition coefficient (Wildman–Crippen LogP) is 1.50. The van der Waals surface area contributed by atoms with E-state index in [9.17, 15) is 12.8 Å². The molecule has 0 aromatic heterocycles. The maximum Gasteiger partial charge on any atom is 0.240 e. The molecular formula is C7H7BrFNO2S. The Morgan fingerprint density at radius 2 is 2.00 bits per heavy atom. The minimum absolute atomic E-state index is 0.0955. The van der Waals surface area contributed by atoms with Crippen molar-refractivity contribution in [1.29, 1.82) is 0 Å². The molecule has 0 aliphatic rings. The molecule has 1 aromatic rings. The smallest absolute Gasteiger partial charge is 0.214 e. The van der Waals surface area contributed by atoms with Gasteiger partial charge in [0.1, 0.15) is 5.82 Å². The van der Waals surface area contributed by atoms with Crippen LogP contribution in [0.3, 0.4) is 0 Å². The summed E-state index contributed by atoms with van der Waals surface area (Å²) in [4.78, 5) is -0.0955. The number of nitrogens with one attached hydrogen (secondary N) is 1. The lowest BCUT2D eigenvalue weighted by atomic mass is 10.3. The monoisotopic (exact) mass is 267 g/mol. The minimum Gasteiger partial charge on any atom is -0.214 e. The van der Waals surface area contributed by atoms with Crippen molar-refractivity contribution in [3.05, 3.63) is 28.5 Å². The lowest BCUT2D eigenvalue weighted by Crippen LogP contribution is -2.18. The molecule has 0 radical (unpaired) electrons. The van der Waals surface area contributed by atoms with E-state index in [1.807, 2.05) is 0 Å². The zero-order chi connectivity index (χ0) is 10.1. The van der Waals surface area contributed by atoms with Crippen LogP contribution in [0.25, 0.3) is 0 Å². The zero-order valence-electron chi connectivity index (χ0n) is 6.71. The van der Waals surface area contributed by atoms with Gasteiger partial charge in [0.05, 0.1) is 4.90 Å². The Bertz CT molecular complexity index is 398. The maximum atomic E-state index is 12.8. The molecule has 0 aliphatic heterocycles. The Hall–Kier alpha value is -0.460. The van der Waals surface area contributed by atoms with Gasteiger partial charge in [0.2, 0.25) is 10.0 Å². The van der Waals surface area contributed by atoms with Gasteiger partial charge < -0.3 is 0 Å². The molecule has 0 fully saturated rings. The quantitative estimate of drug-likeness (QED) is 0.883. The molecule has 0 unspecified atom stereocenters. The first kappa shape index (κ1) is 10.6. The van der Waals surface area contributed by atoms with E-state index in [2.05, 4.69) is 20.7 Å². The summed E-state index contributed by atoms with van der Waals surface area (Å²) < 4.78 is 37.7. The fourth-order valence-corrected chi connectivity index (χ4v) is 2.20. The van der Waals surface area contributed by atoms with Crippen LogP contribution in [0.4, 0.5) is 4.39 Å². The molecule has 0 atom stereocenters. The molecule has 1 N–H and O–H groups in total. The summed E-state index contributed by atoms with van der Waals surface area (Å²) in [7, 11) is -2.29. The van der Waals surface area contributed by atoms with Gasteiger partial charge in [0.25, 0.3) is 0 Å². The van der Waals surface area contributed by atoms with Gasteiger partial charge >= 0.3 is 0 Å².